The van der Waals surface area contributed by atoms with E-state index in [1.807, 2.05) is 30.8 Å². The van der Waals surface area contributed by atoms with Crippen molar-refractivity contribution in [3.63, 3.8) is 0 Å². The predicted molar refractivity (Wildman–Crippen MR) is 178 cm³/mol. The fraction of sp³-hybridized carbons (Fsp3) is 0.263. The van der Waals surface area contributed by atoms with E-state index in [0.717, 1.165) is 5.56 Å². The monoisotopic (exact) mass is 534 g/mol. The fourth-order valence-electron chi connectivity index (χ4n) is 7.36. The first-order valence-electron chi connectivity index (χ1n) is 14.5. The largest absolute Gasteiger partial charge is 0.267 e. The Kier molecular flexibility index (Phi) is 7.88. The van der Waals surface area contributed by atoms with Crippen LogP contribution in [0.4, 0.5) is 0 Å². The smallest absolute Gasteiger partial charge is 0.243 e. The summed E-state index contributed by atoms with van der Waals surface area (Å²) in [5.74, 6) is 6.59. The molecule has 0 fully saturated rings. The Bertz CT molecular complexity index is 1760. The van der Waals surface area contributed by atoms with Gasteiger partial charge in [0.05, 0.1) is 5.92 Å². The van der Waals surface area contributed by atoms with E-state index in [2.05, 4.69) is 114 Å². The van der Waals surface area contributed by atoms with E-state index in [-0.39, 0.29) is 12.6 Å². The van der Waals surface area contributed by atoms with Crippen LogP contribution in [0.5, 0.6) is 0 Å². The van der Waals surface area contributed by atoms with Crippen LogP contribution in [0, 0.1) is 74.2 Å². The van der Waals surface area contributed by atoms with E-state index in [1.165, 1.54) is 77.6 Å². The second-order valence-electron chi connectivity index (χ2n) is 11.8. The Morgan fingerprint density at radius 3 is 2.00 bits per heavy atom. The topological polar surface area (TPSA) is 25.2 Å². The van der Waals surface area contributed by atoms with Gasteiger partial charge in [-0.15, -0.1) is 0 Å². The maximum atomic E-state index is 4.51. The third-order valence-electron chi connectivity index (χ3n) is 8.71. The molecule has 0 saturated carbocycles. The molecule has 0 radical (unpaired) electrons. The van der Waals surface area contributed by atoms with Crippen molar-refractivity contribution in [3.05, 3.63) is 117 Å². The van der Waals surface area contributed by atoms with Crippen LogP contribution in [0.15, 0.2) is 66.1 Å². The van der Waals surface area contributed by atoms with Crippen molar-refractivity contribution in [2.75, 3.05) is 0 Å². The van der Waals surface area contributed by atoms with E-state index in [1.54, 1.807) is 6.20 Å². The van der Waals surface area contributed by atoms with Crippen LogP contribution in [0.3, 0.4) is 0 Å². The number of pyridine rings is 1. The van der Waals surface area contributed by atoms with E-state index in [9.17, 15) is 0 Å². The molecule has 0 spiro atoms. The quantitative estimate of drug-likeness (QED) is 0.206. The van der Waals surface area contributed by atoms with Gasteiger partial charge in [-0.2, -0.15) is 0 Å². The number of nitrogens with zero attached hydrogens (tertiary/aromatic N) is 2. The highest BCUT2D eigenvalue weighted by Crippen LogP contribution is 2.29. The molecule has 0 saturated heterocycles. The van der Waals surface area contributed by atoms with Crippen LogP contribution in [0.25, 0.3) is 11.1 Å². The summed E-state index contributed by atoms with van der Waals surface area (Å²) in [6.07, 6.45) is 9.45. The summed E-state index contributed by atoms with van der Waals surface area (Å²) in [6.45, 7) is 20.4. The van der Waals surface area contributed by atoms with E-state index in [4.69, 9.17) is 0 Å². The minimum absolute atomic E-state index is 0.0450. The molecule has 1 aliphatic heterocycles. The number of aryl methyl sites for hydroxylation is 7. The Morgan fingerprint density at radius 1 is 0.707 bits per heavy atom. The summed E-state index contributed by atoms with van der Waals surface area (Å²) in [7, 11) is 0. The summed E-state index contributed by atoms with van der Waals surface area (Å²) < 4.78 is 0. The lowest BCUT2D eigenvalue weighted by Crippen LogP contribution is -2.58. The van der Waals surface area contributed by atoms with Gasteiger partial charge in [0, 0.05) is 36.4 Å². The van der Waals surface area contributed by atoms with Gasteiger partial charge in [0.2, 0.25) is 6.71 Å². The van der Waals surface area contributed by atoms with E-state index >= 15 is 0 Å². The number of rotatable bonds is 5. The zero-order valence-corrected chi connectivity index (χ0v) is 25.9. The number of allylic oxidation sites excluding steroid dienone is 1. The van der Waals surface area contributed by atoms with Crippen molar-refractivity contribution in [2.24, 2.45) is 4.99 Å². The Hall–Kier alpha value is -4.16. The minimum Gasteiger partial charge on any atom is -0.267 e. The van der Waals surface area contributed by atoms with Crippen LogP contribution in [-0.2, 0) is 0 Å². The summed E-state index contributed by atoms with van der Waals surface area (Å²) in [6, 6.07) is 13.6. The summed E-state index contributed by atoms with van der Waals surface area (Å²) in [4.78, 5) is 8.98. The molecule has 2 heterocycles. The molecular weight excluding hydrogens is 495 g/mol. The van der Waals surface area contributed by atoms with Crippen LogP contribution in [0.2, 0.25) is 0 Å². The van der Waals surface area contributed by atoms with E-state index < -0.39 is 0 Å². The molecule has 3 aromatic carbocycles. The van der Waals surface area contributed by atoms with Crippen molar-refractivity contribution < 1.29 is 0 Å². The van der Waals surface area contributed by atoms with E-state index in [0.29, 0.717) is 0 Å². The molecule has 0 bridgehead atoms. The first-order valence-corrected chi connectivity index (χ1v) is 14.5. The van der Waals surface area contributed by atoms with Gasteiger partial charge in [-0.1, -0.05) is 91.9 Å². The lowest BCUT2D eigenvalue weighted by molar-refractivity contribution is 1.13. The SMILES string of the molecule is Cc1cc(C)c(B(c2c(C)cc(C)c(-c3cccnc3)c2C)c2c(C)cc(C)c(C3C#CC=CN=C3)c2C)c(C)c1. The second kappa shape index (κ2) is 11.4. The predicted octanol–water partition coefficient (Wildman–Crippen LogP) is 6.73. The zero-order chi connectivity index (χ0) is 29.4. The van der Waals surface area contributed by atoms with Gasteiger partial charge in [0.15, 0.2) is 0 Å². The average Bonchev–Trinajstić information content (AvgIpc) is 3.17. The van der Waals surface area contributed by atoms with Crippen LogP contribution >= 0.6 is 0 Å². The molecule has 204 valence electrons. The van der Waals surface area contributed by atoms with Crippen LogP contribution < -0.4 is 16.4 Å². The van der Waals surface area contributed by atoms with Crippen molar-refractivity contribution >= 4 is 29.3 Å². The minimum atomic E-state index is -0.0450. The van der Waals surface area contributed by atoms with Gasteiger partial charge in [-0.25, -0.2) is 0 Å². The van der Waals surface area contributed by atoms with Crippen LogP contribution in [-0.4, -0.2) is 17.9 Å². The number of hydrogen-bond donors (Lipinski definition) is 0. The van der Waals surface area contributed by atoms with Crippen molar-refractivity contribution in [2.45, 2.75) is 68.2 Å². The molecule has 0 N–H and O–H groups in total. The lowest BCUT2D eigenvalue weighted by atomic mass is 9.32. The summed E-state index contributed by atoms with van der Waals surface area (Å²) >= 11 is 0. The first kappa shape index (κ1) is 28.4. The highest BCUT2D eigenvalue weighted by atomic mass is 14.7. The highest BCUT2D eigenvalue weighted by Gasteiger charge is 2.33. The lowest BCUT2D eigenvalue weighted by Gasteiger charge is -2.30. The standard InChI is InChI=1S/C38H39BN2/c1-23-17-26(4)36(27(5)18-23)39(38-29(7)20-25(3)35(31(38)9)33-14-12-16-41-22-33)37-28(6)19-24(2)34(30(37)8)32-13-10-11-15-40-21-32/h11-12,14-22,32H,1-9H3. The Labute approximate surface area is 246 Å². The molecule has 5 rings (SSSR count). The number of hydrogen-bond acceptors (Lipinski definition) is 2. The number of aromatic nitrogens is 1. The van der Waals surface area contributed by atoms with Crippen molar-refractivity contribution in [1.29, 1.82) is 0 Å². The van der Waals surface area contributed by atoms with Gasteiger partial charge >= 0.3 is 0 Å². The van der Waals surface area contributed by atoms with Gasteiger partial charge < -0.3 is 0 Å². The second-order valence-corrected chi connectivity index (χ2v) is 11.8. The maximum absolute atomic E-state index is 4.51. The fourth-order valence-corrected chi connectivity index (χ4v) is 7.36. The molecule has 2 nitrogen and oxygen atoms in total. The van der Waals surface area contributed by atoms with Gasteiger partial charge in [-0.05, 0) is 96.2 Å². The van der Waals surface area contributed by atoms with Gasteiger partial charge in [-0.3, -0.25) is 9.98 Å². The molecule has 0 amide bonds. The zero-order valence-electron chi connectivity index (χ0n) is 25.9. The third-order valence-corrected chi connectivity index (χ3v) is 8.71. The Morgan fingerprint density at radius 2 is 1.34 bits per heavy atom. The van der Waals surface area contributed by atoms with Gasteiger partial charge in [0.1, 0.15) is 0 Å². The number of aliphatic imine (C=N–C) groups is 1. The molecule has 3 heteroatoms. The van der Waals surface area contributed by atoms with Crippen LogP contribution in [0.1, 0.15) is 61.6 Å². The van der Waals surface area contributed by atoms with Crippen molar-refractivity contribution in [1.82, 2.24) is 4.98 Å². The molecule has 1 aromatic heterocycles. The highest BCUT2D eigenvalue weighted by molar-refractivity contribution is 6.97. The molecule has 1 unspecified atom stereocenters. The molecule has 1 aliphatic rings. The first-order chi connectivity index (χ1) is 19.6. The summed E-state index contributed by atoms with van der Waals surface area (Å²) in [5, 5.41) is 0. The molecule has 4 aromatic rings. The summed E-state index contributed by atoms with van der Waals surface area (Å²) in [5.41, 5.74) is 19.6. The molecular formula is C38H39BN2. The average molecular weight is 535 g/mol. The molecule has 1 atom stereocenters. The third kappa shape index (κ3) is 5.20. The maximum Gasteiger partial charge on any atom is 0.243 e. The normalized spacial score (nSPS) is 14.0. The molecule has 0 aliphatic carbocycles. The Balaban J connectivity index is 1.90. The number of benzene rings is 3. The van der Waals surface area contributed by atoms with Crippen molar-refractivity contribution in [3.8, 4) is 23.0 Å². The molecule has 41 heavy (non-hydrogen) atoms. The van der Waals surface area contributed by atoms with Gasteiger partial charge in [0.25, 0.3) is 0 Å².